The number of thiazole rings is 1. The van der Waals surface area contributed by atoms with E-state index in [0.717, 1.165) is 15.6 Å². The molecule has 0 saturated heterocycles. The fraction of sp³-hybridized carbons (Fsp3) is 0.0455. The molecule has 0 aliphatic heterocycles. The number of anilines is 1. The quantitative estimate of drug-likeness (QED) is 0.310. The first-order valence-electron chi connectivity index (χ1n) is 9.04. The van der Waals surface area contributed by atoms with Crippen LogP contribution in [-0.2, 0) is 6.54 Å². The summed E-state index contributed by atoms with van der Waals surface area (Å²) in [5.74, 6) is -0.687. The number of carbonyl (C=O) groups is 1. The molecule has 0 aliphatic carbocycles. The van der Waals surface area contributed by atoms with Gasteiger partial charge in [-0.25, -0.2) is 9.37 Å². The predicted octanol–water partition coefficient (Wildman–Crippen LogP) is 6.55. The van der Waals surface area contributed by atoms with Crippen LogP contribution in [0.1, 0.15) is 15.2 Å². The van der Waals surface area contributed by atoms with Gasteiger partial charge in [-0.3, -0.25) is 14.7 Å². The molecule has 2 aromatic carbocycles. The third kappa shape index (κ3) is 3.35. The molecule has 0 fully saturated rings. The van der Waals surface area contributed by atoms with Crippen LogP contribution in [0.3, 0.4) is 0 Å². The summed E-state index contributed by atoms with van der Waals surface area (Å²) in [7, 11) is 0. The third-order valence-electron chi connectivity index (χ3n) is 4.63. The van der Waals surface area contributed by atoms with Gasteiger partial charge in [0.1, 0.15) is 16.2 Å². The van der Waals surface area contributed by atoms with Crippen molar-refractivity contribution >= 4 is 65.6 Å². The molecule has 4 nitrogen and oxygen atoms in total. The van der Waals surface area contributed by atoms with E-state index >= 15 is 0 Å². The zero-order valence-corrected chi connectivity index (χ0v) is 17.8. The highest BCUT2D eigenvalue weighted by atomic mass is 35.5. The lowest BCUT2D eigenvalue weighted by Gasteiger charge is -2.19. The van der Waals surface area contributed by atoms with Crippen LogP contribution in [0.25, 0.3) is 20.3 Å². The van der Waals surface area contributed by atoms with E-state index in [1.54, 1.807) is 24.5 Å². The molecule has 5 rings (SSSR count). The summed E-state index contributed by atoms with van der Waals surface area (Å²) in [6.45, 7) is 0.249. The number of thiophene rings is 1. The van der Waals surface area contributed by atoms with E-state index in [9.17, 15) is 9.18 Å². The first-order chi connectivity index (χ1) is 14.6. The molecular formula is C22H13ClFN3OS2. The second-order valence-electron chi connectivity index (χ2n) is 6.58. The number of rotatable bonds is 4. The fourth-order valence-corrected chi connectivity index (χ4v) is 5.63. The number of hydrogen-bond acceptors (Lipinski definition) is 5. The summed E-state index contributed by atoms with van der Waals surface area (Å²) in [4.78, 5) is 24.1. The van der Waals surface area contributed by atoms with E-state index in [4.69, 9.17) is 11.6 Å². The average Bonchev–Trinajstić information content (AvgIpc) is 3.35. The minimum absolute atomic E-state index is 0.249. The lowest BCUT2D eigenvalue weighted by Crippen LogP contribution is -2.30. The lowest BCUT2D eigenvalue weighted by atomic mass is 10.2. The number of halogens is 2. The van der Waals surface area contributed by atoms with Crippen molar-refractivity contribution in [2.24, 2.45) is 0 Å². The SMILES string of the molecule is O=C(c1sc2ccccc2c1Cl)N(Cc1cccnc1)c1nc2c(F)cccc2s1. The Labute approximate surface area is 184 Å². The van der Waals surface area contributed by atoms with Crippen LogP contribution in [0.4, 0.5) is 9.52 Å². The number of para-hydroxylation sites is 1. The molecule has 0 unspecified atom stereocenters. The molecule has 3 heterocycles. The van der Waals surface area contributed by atoms with Crippen LogP contribution in [0.5, 0.6) is 0 Å². The molecule has 148 valence electrons. The summed E-state index contributed by atoms with van der Waals surface area (Å²) in [6, 6.07) is 16.1. The van der Waals surface area contributed by atoms with Crippen LogP contribution in [0, 0.1) is 5.82 Å². The van der Waals surface area contributed by atoms with E-state index in [2.05, 4.69) is 9.97 Å². The van der Waals surface area contributed by atoms with Gasteiger partial charge in [0.15, 0.2) is 5.13 Å². The minimum Gasteiger partial charge on any atom is -0.279 e. The van der Waals surface area contributed by atoms with Crippen molar-refractivity contribution in [1.82, 2.24) is 9.97 Å². The van der Waals surface area contributed by atoms with Crippen molar-refractivity contribution in [2.75, 3.05) is 4.90 Å². The second-order valence-corrected chi connectivity index (χ2v) is 9.02. The monoisotopic (exact) mass is 453 g/mol. The van der Waals surface area contributed by atoms with Gasteiger partial charge < -0.3 is 0 Å². The lowest BCUT2D eigenvalue weighted by molar-refractivity contribution is 0.0989. The Morgan fingerprint density at radius 3 is 2.63 bits per heavy atom. The molecule has 0 spiro atoms. The number of nitrogens with zero attached hydrogens (tertiary/aromatic N) is 3. The highest BCUT2D eigenvalue weighted by Gasteiger charge is 2.26. The Balaban J connectivity index is 1.63. The Morgan fingerprint density at radius 2 is 1.87 bits per heavy atom. The number of aromatic nitrogens is 2. The molecule has 30 heavy (non-hydrogen) atoms. The van der Waals surface area contributed by atoms with E-state index in [-0.39, 0.29) is 18.0 Å². The highest BCUT2D eigenvalue weighted by Crippen LogP contribution is 2.38. The maximum atomic E-state index is 14.2. The number of pyridine rings is 1. The molecule has 0 saturated carbocycles. The third-order valence-corrected chi connectivity index (χ3v) is 7.33. The maximum absolute atomic E-state index is 14.2. The van der Waals surface area contributed by atoms with Gasteiger partial charge in [0, 0.05) is 22.5 Å². The number of fused-ring (bicyclic) bond motifs is 2. The maximum Gasteiger partial charge on any atom is 0.272 e. The van der Waals surface area contributed by atoms with Crippen LogP contribution < -0.4 is 4.90 Å². The molecule has 0 bridgehead atoms. The molecule has 1 amide bonds. The van der Waals surface area contributed by atoms with Gasteiger partial charge in [0.05, 0.1) is 16.3 Å². The van der Waals surface area contributed by atoms with E-state index < -0.39 is 5.82 Å². The van der Waals surface area contributed by atoms with Gasteiger partial charge in [-0.2, -0.15) is 0 Å². The van der Waals surface area contributed by atoms with Gasteiger partial charge in [0.25, 0.3) is 5.91 Å². The second kappa shape index (κ2) is 7.75. The van der Waals surface area contributed by atoms with Crippen molar-refractivity contribution in [1.29, 1.82) is 0 Å². The van der Waals surface area contributed by atoms with Crippen molar-refractivity contribution in [3.05, 3.63) is 88.3 Å². The molecule has 0 atom stereocenters. The summed E-state index contributed by atoms with van der Waals surface area (Å²) < 4.78 is 15.8. The first kappa shape index (κ1) is 19.1. The minimum atomic E-state index is -0.413. The van der Waals surface area contributed by atoms with Crippen molar-refractivity contribution in [3.8, 4) is 0 Å². The van der Waals surface area contributed by atoms with Crippen LogP contribution in [0.15, 0.2) is 67.0 Å². The zero-order chi connectivity index (χ0) is 20.7. The largest absolute Gasteiger partial charge is 0.279 e. The van der Waals surface area contributed by atoms with E-state index in [1.165, 1.54) is 33.6 Å². The molecule has 3 aromatic heterocycles. The van der Waals surface area contributed by atoms with Gasteiger partial charge in [-0.15, -0.1) is 11.3 Å². The molecule has 5 aromatic rings. The normalized spacial score (nSPS) is 11.3. The summed E-state index contributed by atoms with van der Waals surface area (Å²) in [6.07, 6.45) is 3.37. The zero-order valence-electron chi connectivity index (χ0n) is 15.4. The van der Waals surface area contributed by atoms with E-state index in [0.29, 0.717) is 19.7 Å². The van der Waals surface area contributed by atoms with Gasteiger partial charge >= 0.3 is 0 Å². The number of amides is 1. The van der Waals surface area contributed by atoms with Crippen molar-refractivity contribution in [2.45, 2.75) is 6.54 Å². The first-order valence-corrected chi connectivity index (χ1v) is 11.1. The highest BCUT2D eigenvalue weighted by molar-refractivity contribution is 7.23. The van der Waals surface area contributed by atoms with Crippen LogP contribution >= 0.6 is 34.3 Å². The Bertz CT molecular complexity index is 1380. The van der Waals surface area contributed by atoms with Gasteiger partial charge in [-0.05, 0) is 29.8 Å². The summed E-state index contributed by atoms with van der Waals surface area (Å²) in [5.41, 5.74) is 1.09. The van der Waals surface area contributed by atoms with Crippen LogP contribution in [-0.4, -0.2) is 15.9 Å². The Morgan fingerprint density at radius 1 is 1.03 bits per heavy atom. The van der Waals surface area contributed by atoms with Gasteiger partial charge in [-0.1, -0.05) is 53.3 Å². The molecule has 0 aliphatic rings. The standard InChI is InChI=1S/C22H13ClFN3OS2/c23-18-14-6-1-2-8-16(14)29-20(18)21(28)27(12-13-5-4-10-25-11-13)22-26-19-15(24)7-3-9-17(19)30-22/h1-11H,12H2. The summed E-state index contributed by atoms with van der Waals surface area (Å²) >= 11 is 9.17. The number of benzene rings is 2. The smallest absolute Gasteiger partial charge is 0.272 e. The molecule has 0 N–H and O–H groups in total. The molecule has 0 radical (unpaired) electrons. The Hall–Kier alpha value is -2.87. The van der Waals surface area contributed by atoms with Crippen molar-refractivity contribution in [3.63, 3.8) is 0 Å². The molecule has 8 heteroatoms. The number of carbonyl (C=O) groups excluding carboxylic acids is 1. The molecular weight excluding hydrogens is 441 g/mol. The fourth-order valence-electron chi connectivity index (χ4n) is 3.19. The Kier molecular flexibility index (Phi) is 4.94. The average molecular weight is 454 g/mol. The number of hydrogen-bond donors (Lipinski definition) is 0. The van der Waals surface area contributed by atoms with E-state index in [1.807, 2.05) is 36.4 Å². The van der Waals surface area contributed by atoms with Crippen LogP contribution in [0.2, 0.25) is 5.02 Å². The predicted molar refractivity (Wildman–Crippen MR) is 121 cm³/mol. The summed E-state index contributed by atoms with van der Waals surface area (Å²) in [5, 5.41) is 1.67. The topological polar surface area (TPSA) is 46.1 Å². The van der Waals surface area contributed by atoms with Crippen molar-refractivity contribution < 1.29 is 9.18 Å². The van der Waals surface area contributed by atoms with Gasteiger partial charge in [0.2, 0.25) is 0 Å².